The number of anilines is 1. The molecule has 2 N–H and O–H groups in total. The Morgan fingerprint density at radius 1 is 1.14 bits per heavy atom. The van der Waals surface area contributed by atoms with Crippen molar-refractivity contribution in [3.8, 4) is 11.4 Å². The molecule has 2 atom stereocenters. The number of aryl methyl sites for hydroxylation is 2. The van der Waals surface area contributed by atoms with Crippen molar-refractivity contribution >= 4 is 34.6 Å². The highest BCUT2D eigenvalue weighted by Gasteiger charge is 2.41. The zero-order valence-electron chi connectivity index (χ0n) is 24.5. The minimum absolute atomic E-state index is 0.0602. The summed E-state index contributed by atoms with van der Waals surface area (Å²) in [7, 11) is 1.48. The fourth-order valence-electron chi connectivity index (χ4n) is 5.79. The number of rotatable bonds is 10. The predicted octanol–water partition coefficient (Wildman–Crippen LogP) is 5.97. The smallest absolute Gasteiger partial charge is 0.296 e. The number of amides is 1. The number of nitro benzene ring substituents is 1. The summed E-state index contributed by atoms with van der Waals surface area (Å²) in [6, 6.07) is 19.8. The molecule has 1 aliphatic heterocycles. The molecule has 4 aromatic rings. The lowest BCUT2D eigenvalue weighted by Gasteiger charge is -2.28. The highest BCUT2D eigenvalue weighted by atomic mass is 32.1. The molecule has 2 aromatic heterocycles. The summed E-state index contributed by atoms with van der Waals surface area (Å²) in [6.45, 7) is 6.29. The van der Waals surface area contributed by atoms with E-state index in [1.54, 1.807) is 18.3 Å². The summed E-state index contributed by atoms with van der Waals surface area (Å²) in [5.74, 6) is 0.299. The number of carbonyl (C=O) groups excluding carboxylic acids is 1. The van der Waals surface area contributed by atoms with Gasteiger partial charge in [-0.25, -0.2) is 0 Å². The molecule has 0 aliphatic carbocycles. The number of nitrogens with zero attached hydrogens (tertiary/aromatic N) is 4. The van der Waals surface area contributed by atoms with E-state index < -0.39 is 4.92 Å². The monoisotopic (exact) mass is 598 g/mol. The summed E-state index contributed by atoms with van der Waals surface area (Å²) in [4.78, 5) is 31.4. The minimum atomic E-state index is -0.402. The Morgan fingerprint density at radius 3 is 2.60 bits per heavy atom. The van der Waals surface area contributed by atoms with Crippen LogP contribution in [-0.4, -0.2) is 44.0 Å². The molecule has 0 unspecified atom stereocenters. The second-order valence-electron chi connectivity index (χ2n) is 10.4. The van der Waals surface area contributed by atoms with Crippen LogP contribution in [0, 0.1) is 24.0 Å². The van der Waals surface area contributed by atoms with E-state index in [-0.39, 0.29) is 30.1 Å². The van der Waals surface area contributed by atoms with Crippen LogP contribution in [0.2, 0.25) is 0 Å². The molecule has 0 radical (unpaired) electrons. The van der Waals surface area contributed by atoms with Gasteiger partial charge in [0.15, 0.2) is 5.11 Å². The molecule has 3 heterocycles. The second kappa shape index (κ2) is 12.6. The maximum atomic E-state index is 13.1. The van der Waals surface area contributed by atoms with E-state index >= 15 is 0 Å². The van der Waals surface area contributed by atoms with Gasteiger partial charge in [-0.15, -0.1) is 0 Å². The van der Waals surface area contributed by atoms with Crippen LogP contribution in [0.1, 0.15) is 53.6 Å². The number of carbonyl (C=O) groups is 1. The van der Waals surface area contributed by atoms with Crippen LogP contribution in [-0.2, 0) is 11.2 Å². The molecule has 1 aliphatic rings. The molecule has 0 spiro atoms. The summed E-state index contributed by atoms with van der Waals surface area (Å²) in [5.41, 5.74) is 5.65. The number of ether oxygens (including phenoxy) is 1. The van der Waals surface area contributed by atoms with Crippen molar-refractivity contribution in [1.29, 1.82) is 0 Å². The van der Waals surface area contributed by atoms with Gasteiger partial charge in [-0.2, -0.15) is 0 Å². The van der Waals surface area contributed by atoms with Crippen molar-refractivity contribution in [1.82, 2.24) is 19.8 Å². The number of aromatic nitrogens is 2. The summed E-state index contributed by atoms with van der Waals surface area (Å²) in [6.07, 6.45) is 2.77. The molecule has 1 fully saturated rings. The number of benzene rings is 2. The molecular weight excluding hydrogens is 564 g/mol. The van der Waals surface area contributed by atoms with E-state index in [1.807, 2.05) is 71.8 Å². The van der Waals surface area contributed by atoms with Crippen molar-refractivity contribution in [3.63, 3.8) is 0 Å². The third kappa shape index (κ3) is 5.94. The Kier molecular flexibility index (Phi) is 8.72. The van der Waals surface area contributed by atoms with Crippen LogP contribution < -0.4 is 15.4 Å². The highest BCUT2D eigenvalue weighted by Crippen LogP contribution is 2.42. The largest absolute Gasteiger partial charge is 0.496 e. The lowest BCUT2D eigenvalue weighted by atomic mass is 9.96. The third-order valence-corrected chi connectivity index (χ3v) is 8.21. The van der Waals surface area contributed by atoms with Crippen molar-refractivity contribution in [2.24, 2.45) is 0 Å². The normalized spacial score (nSPS) is 16.2. The lowest BCUT2D eigenvalue weighted by Crippen LogP contribution is -2.33. The van der Waals surface area contributed by atoms with E-state index in [9.17, 15) is 14.9 Å². The van der Waals surface area contributed by atoms with E-state index in [1.165, 1.54) is 13.2 Å². The first-order chi connectivity index (χ1) is 20.7. The number of methoxy groups -OCH3 is 1. The van der Waals surface area contributed by atoms with Crippen LogP contribution in [0.5, 0.6) is 5.75 Å². The Hall–Kier alpha value is -4.77. The van der Waals surface area contributed by atoms with Gasteiger partial charge < -0.3 is 24.8 Å². The molecule has 2 aromatic carbocycles. The van der Waals surface area contributed by atoms with Crippen molar-refractivity contribution in [2.45, 2.75) is 45.7 Å². The third-order valence-electron chi connectivity index (χ3n) is 7.86. The molecule has 222 valence electrons. The SMILES string of the molecule is CCc1ccccc1NC(=O)CCN1C(=S)N[C@H](c2ccccn2)[C@H]1c1cc(C)n(-c2ccc(OC)cc2[N+](=O)[O-])c1C. The Labute approximate surface area is 255 Å². The molecule has 5 rings (SSSR count). The second-order valence-corrected chi connectivity index (χ2v) is 10.8. The Balaban J connectivity index is 1.51. The number of hydrogen-bond donors (Lipinski definition) is 2. The van der Waals surface area contributed by atoms with Crippen LogP contribution >= 0.6 is 12.2 Å². The molecule has 1 amide bonds. The molecular formula is C32H34N6O4S. The van der Waals surface area contributed by atoms with E-state index in [4.69, 9.17) is 17.0 Å². The molecule has 11 heteroatoms. The number of nitro groups is 1. The van der Waals surface area contributed by atoms with E-state index in [2.05, 4.69) is 22.5 Å². The first kappa shape index (κ1) is 29.7. The number of nitrogens with one attached hydrogen (secondary N) is 2. The maximum Gasteiger partial charge on any atom is 0.296 e. The summed E-state index contributed by atoms with van der Waals surface area (Å²) < 4.78 is 7.13. The van der Waals surface area contributed by atoms with Crippen LogP contribution in [0.4, 0.5) is 11.4 Å². The summed E-state index contributed by atoms with van der Waals surface area (Å²) >= 11 is 5.82. The van der Waals surface area contributed by atoms with Crippen LogP contribution in [0.15, 0.2) is 72.9 Å². The van der Waals surface area contributed by atoms with Crippen LogP contribution in [0.3, 0.4) is 0 Å². The topological polar surface area (TPSA) is 115 Å². The fourth-order valence-corrected chi connectivity index (χ4v) is 6.13. The first-order valence-corrected chi connectivity index (χ1v) is 14.5. The minimum Gasteiger partial charge on any atom is -0.496 e. The van der Waals surface area contributed by atoms with Gasteiger partial charge >= 0.3 is 0 Å². The lowest BCUT2D eigenvalue weighted by molar-refractivity contribution is -0.384. The van der Waals surface area contributed by atoms with Gasteiger partial charge in [0.1, 0.15) is 11.4 Å². The van der Waals surface area contributed by atoms with Gasteiger partial charge in [0.05, 0.1) is 35.9 Å². The van der Waals surface area contributed by atoms with Crippen molar-refractivity contribution in [3.05, 3.63) is 111 Å². The van der Waals surface area contributed by atoms with Gasteiger partial charge in [0.2, 0.25) is 5.91 Å². The standard InChI is InChI=1S/C32H34N6O4S/c1-5-22-10-6-7-11-25(22)34-29(39)15-17-36-31(30(35-32(36)43)26-12-8-9-16-33-26)24-18-20(2)37(21(24)3)27-14-13-23(42-4)19-28(27)38(40)41/h6-14,16,18-19,30-31H,5,15,17H2,1-4H3,(H,34,39)(H,35,43)/t30-,31-/m1/s1. The van der Waals surface area contributed by atoms with Gasteiger partial charge in [0, 0.05) is 36.2 Å². The first-order valence-electron chi connectivity index (χ1n) is 14.1. The average molecular weight is 599 g/mol. The number of hydrogen-bond acceptors (Lipinski definition) is 6. The summed E-state index contributed by atoms with van der Waals surface area (Å²) in [5, 5.41) is 19.1. The van der Waals surface area contributed by atoms with Crippen LogP contribution in [0.25, 0.3) is 5.69 Å². The quantitative estimate of drug-likeness (QED) is 0.130. The van der Waals surface area contributed by atoms with Gasteiger partial charge in [-0.05, 0) is 80.0 Å². The van der Waals surface area contributed by atoms with E-state index in [0.717, 1.165) is 40.3 Å². The molecule has 1 saturated heterocycles. The van der Waals surface area contributed by atoms with Gasteiger partial charge in [-0.1, -0.05) is 31.2 Å². The molecule has 10 nitrogen and oxygen atoms in total. The predicted molar refractivity (Wildman–Crippen MR) is 170 cm³/mol. The number of pyridine rings is 1. The van der Waals surface area contributed by atoms with Gasteiger partial charge in [0.25, 0.3) is 5.69 Å². The zero-order chi connectivity index (χ0) is 30.7. The highest BCUT2D eigenvalue weighted by molar-refractivity contribution is 7.80. The number of para-hydroxylation sites is 1. The Morgan fingerprint density at radius 2 is 1.91 bits per heavy atom. The van der Waals surface area contributed by atoms with Crippen molar-refractivity contribution < 1.29 is 14.5 Å². The fraction of sp³-hybridized carbons (Fsp3) is 0.281. The average Bonchev–Trinajstić information content (AvgIpc) is 3.50. The Bertz CT molecular complexity index is 1670. The number of thiocarbonyl (C=S) groups is 1. The maximum absolute atomic E-state index is 13.1. The van der Waals surface area contributed by atoms with E-state index in [0.29, 0.717) is 23.1 Å². The van der Waals surface area contributed by atoms with Gasteiger partial charge in [-0.3, -0.25) is 19.9 Å². The molecule has 43 heavy (non-hydrogen) atoms. The zero-order valence-corrected chi connectivity index (χ0v) is 25.4. The van der Waals surface area contributed by atoms with Crippen molar-refractivity contribution in [2.75, 3.05) is 19.0 Å². The molecule has 0 bridgehead atoms. The molecule has 0 saturated carbocycles.